The van der Waals surface area contributed by atoms with Gasteiger partial charge < -0.3 is 10.6 Å². The quantitative estimate of drug-likeness (QED) is 0.878. The summed E-state index contributed by atoms with van der Waals surface area (Å²) in [5, 5.41) is 6.53. The highest BCUT2D eigenvalue weighted by Gasteiger charge is 2.14. The van der Waals surface area contributed by atoms with Gasteiger partial charge >= 0.3 is 0 Å². The van der Waals surface area contributed by atoms with Crippen LogP contribution in [-0.4, -0.2) is 33.0 Å². The van der Waals surface area contributed by atoms with Crippen LogP contribution in [-0.2, 0) is 6.42 Å². The Kier molecular flexibility index (Phi) is 4.13. The van der Waals surface area contributed by atoms with Crippen LogP contribution in [0.4, 0.5) is 11.6 Å². The second kappa shape index (κ2) is 6.38. The van der Waals surface area contributed by atoms with Gasteiger partial charge in [0.25, 0.3) is 0 Å². The fourth-order valence-corrected chi connectivity index (χ4v) is 2.45. The maximum atomic E-state index is 4.37. The second-order valence-electron chi connectivity index (χ2n) is 5.01. The summed E-state index contributed by atoms with van der Waals surface area (Å²) in [5.41, 5.74) is 1.08. The lowest BCUT2D eigenvalue weighted by Gasteiger charge is -2.22. The minimum absolute atomic E-state index is 0.694. The second-order valence-corrected chi connectivity index (χ2v) is 5.01. The van der Waals surface area contributed by atoms with Gasteiger partial charge in [-0.1, -0.05) is 0 Å². The first-order valence-electron chi connectivity index (χ1n) is 6.95. The molecule has 6 heteroatoms. The predicted octanol–water partition coefficient (Wildman–Crippen LogP) is 1.55. The molecular weight excluding hydrogens is 252 g/mol. The average molecular weight is 270 g/mol. The van der Waals surface area contributed by atoms with Gasteiger partial charge in [-0.3, -0.25) is 4.98 Å². The standard InChI is InChI=1S/C14H18N6/c1-3-15-4-2-11(1)7-12-8-13(19-10-18-12)20-14-9-16-5-6-17-14/h5-6,8-11,15H,1-4,7H2,(H,17,18,19,20). The number of hydrogen-bond donors (Lipinski definition) is 2. The van der Waals surface area contributed by atoms with Crippen molar-refractivity contribution in [2.24, 2.45) is 5.92 Å². The van der Waals surface area contributed by atoms with Crippen LogP contribution in [0, 0.1) is 5.92 Å². The molecule has 1 saturated heterocycles. The summed E-state index contributed by atoms with van der Waals surface area (Å²) >= 11 is 0. The van der Waals surface area contributed by atoms with Crippen LogP contribution < -0.4 is 10.6 Å². The first kappa shape index (κ1) is 12.9. The number of nitrogens with zero attached hydrogens (tertiary/aromatic N) is 4. The zero-order valence-corrected chi connectivity index (χ0v) is 11.3. The molecule has 1 fully saturated rings. The fraction of sp³-hybridized carbons (Fsp3) is 0.429. The van der Waals surface area contributed by atoms with Crippen molar-refractivity contribution < 1.29 is 0 Å². The van der Waals surface area contributed by atoms with E-state index in [2.05, 4.69) is 30.6 Å². The van der Waals surface area contributed by atoms with Crippen molar-refractivity contribution in [3.8, 4) is 0 Å². The van der Waals surface area contributed by atoms with Gasteiger partial charge in [-0.25, -0.2) is 15.0 Å². The van der Waals surface area contributed by atoms with Crippen molar-refractivity contribution in [1.82, 2.24) is 25.3 Å². The van der Waals surface area contributed by atoms with Crippen LogP contribution in [0.1, 0.15) is 18.5 Å². The van der Waals surface area contributed by atoms with Gasteiger partial charge in [0.15, 0.2) is 0 Å². The Bertz CT molecular complexity index is 538. The molecule has 1 aliphatic rings. The van der Waals surface area contributed by atoms with E-state index in [0.717, 1.165) is 36.9 Å². The molecule has 1 aliphatic heterocycles. The molecular formula is C14H18N6. The first-order valence-corrected chi connectivity index (χ1v) is 6.95. The van der Waals surface area contributed by atoms with Crippen LogP contribution >= 0.6 is 0 Å². The van der Waals surface area contributed by atoms with Gasteiger partial charge in [0.2, 0.25) is 0 Å². The van der Waals surface area contributed by atoms with E-state index >= 15 is 0 Å². The molecule has 0 spiro atoms. The zero-order chi connectivity index (χ0) is 13.6. The summed E-state index contributed by atoms with van der Waals surface area (Å²) in [6, 6.07) is 2.00. The summed E-state index contributed by atoms with van der Waals surface area (Å²) in [6.07, 6.45) is 10.0. The number of hydrogen-bond acceptors (Lipinski definition) is 6. The molecule has 3 heterocycles. The molecule has 0 bridgehead atoms. The van der Waals surface area contributed by atoms with Gasteiger partial charge in [0.05, 0.1) is 6.20 Å². The molecule has 2 aromatic heterocycles. The van der Waals surface area contributed by atoms with Crippen LogP contribution in [0.3, 0.4) is 0 Å². The molecule has 104 valence electrons. The van der Waals surface area contributed by atoms with Crippen molar-refractivity contribution in [3.05, 3.63) is 36.7 Å². The number of piperidine rings is 1. The van der Waals surface area contributed by atoms with Crippen LogP contribution in [0.25, 0.3) is 0 Å². The minimum Gasteiger partial charge on any atom is -0.324 e. The third kappa shape index (κ3) is 3.48. The number of aromatic nitrogens is 4. The molecule has 0 radical (unpaired) electrons. The van der Waals surface area contributed by atoms with E-state index in [1.54, 1.807) is 24.9 Å². The van der Waals surface area contributed by atoms with E-state index in [1.807, 2.05) is 6.07 Å². The van der Waals surface area contributed by atoms with Crippen molar-refractivity contribution in [1.29, 1.82) is 0 Å². The predicted molar refractivity (Wildman–Crippen MR) is 76.6 cm³/mol. The summed E-state index contributed by atoms with van der Waals surface area (Å²) in [4.78, 5) is 16.8. The van der Waals surface area contributed by atoms with E-state index < -0.39 is 0 Å². The maximum absolute atomic E-state index is 4.37. The smallest absolute Gasteiger partial charge is 0.150 e. The third-order valence-electron chi connectivity index (χ3n) is 3.50. The Morgan fingerprint density at radius 1 is 1.10 bits per heavy atom. The summed E-state index contributed by atoms with van der Waals surface area (Å²) < 4.78 is 0. The summed E-state index contributed by atoms with van der Waals surface area (Å²) in [7, 11) is 0. The molecule has 3 rings (SSSR count). The van der Waals surface area contributed by atoms with E-state index in [4.69, 9.17) is 0 Å². The lowest BCUT2D eigenvalue weighted by atomic mass is 9.93. The molecule has 6 nitrogen and oxygen atoms in total. The highest BCUT2D eigenvalue weighted by Crippen LogP contribution is 2.18. The van der Waals surface area contributed by atoms with Gasteiger partial charge in [0.1, 0.15) is 18.0 Å². The average Bonchev–Trinajstić information content (AvgIpc) is 2.50. The lowest BCUT2D eigenvalue weighted by molar-refractivity contribution is 0.370. The Morgan fingerprint density at radius 2 is 2.00 bits per heavy atom. The van der Waals surface area contributed by atoms with Gasteiger partial charge in [-0.2, -0.15) is 0 Å². The highest BCUT2D eigenvalue weighted by atomic mass is 15.1. The molecule has 0 atom stereocenters. The zero-order valence-electron chi connectivity index (χ0n) is 11.3. The SMILES string of the molecule is c1cnc(Nc2cc(CC3CCNCC3)ncn2)cn1. The molecule has 0 unspecified atom stereocenters. The molecule has 0 aromatic carbocycles. The fourth-order valence-electron chi connectivity index (χ4n) is 2.45. The Hall–Kier alpha value is -2.08. The Morgan fingerprint density at radius 3 is 2.80 bits per heavy atom. The molecule has 2 N–H and O–H groups in total. The third-order valence-corrected chi connectivity index (χ3v) is 3.50. The topological polar surface area (TPSA) is 75.6 Å². The normalized spacial score (nSPS) is 16.0. The number of anilines is 2. The van der Waals surface area contributed by atoms with Gasteiger partial charge in [-0.05, 0) is 38.3 Å². The van der Waals surface area contributed by atoms with Crippen LogP contribution in [0.15, 0.2) is 31.0 Å². The molecule has 20 heavy (non-hydrogen) atoms. The van der Waals surface area contributed by atoms with Crippen LogP contribution in [0.2, 0.25) is 0 Å². The summed E-state index contributed by atoms with van der Waals surface area (Å²) in [6.45, 7) is 2.22. The van der Waals surface area contributed by atoms with Crippen LogP contribution in [0.5, 0.6) is 0 Å². The van der Waals surface area contributed by atoms with Crippen molar-refractivity contribution in [2.75, 3.05) is 18.4 Å². The molecule has 2 aromatic rings. The number of nitrogens with one attached hydrogen (secondary N) is 2. The maximum Gasteiger partial charge on any atom is 0.150 e. The number of rotatable bonds is 4. The van der Waals surface area contributed by atoms with Crippen molar-refractivity contribution in [2.45, 2.75) is 19.3 Å². The molecule has 0 saturated carbocycles. The van der Waals surface area contributed by atoms with E-state index in [0.29, 0.717) is 5.82 Å². The minimum atomic E-state index is 0.694. The lowest BCUT2D eigenvalue weighted by Crippen LogP contribution is -2.28. The Labute approximate surface area is 118 Å². The molecule has 0 amide bonds. The summed E-state index contributed by atoms with van der Waals surface area (Å²) in [5.74, 6) is 2.18. The Balaban J connectivity index is 1.66. The van der Waals surface area contributed by atoms with E-state index in [-0.39, 0.29) is 0 Å². The van der Waals surface area contributed by atoms with E-state index in [9.17, 15) is 0 Å². The molecule has 0 aliphatic carbocycles. The van der Waals surface area contributed by atoms with Crippen molar-refractivity contribution >= 4 is 11.6 Å². The highest BCUT2D eigenvalue weighted by molar-refractivity contribution is 5.49. The van der Waals surface area contributed by atoms with Crippen molar-refractivity contribution in [3.63, 3.8) is 0 Å². The van der Waals surface area contributed by atoms with Gasteiger partial charge in [-0.15, -0.1) is 0 Å². The first-order chi connectivity index (χ1) is 9.90. The van der Waals surface area contributed by atoms with E-state index in [1.165, 1.54) is 12.8 Å². The van der Waals surface area contributed by atoms with Gasteiger partial charge in [0, 0.05) is 24.2 Å². The largest absolute Gasteiger partial charge is 0.324 e. The monoisotopic (exact) mass is 270 g/mol.